The number of carbonyl (C=O) groups excluding carboxylic acids is 3. The maximum Gasteiger partial charge on any atom is 0.344 e. The van der Waals surface area contributed by atoms with Crippen molar-refractivity contribution in [2.45, 2.75) is 25.8 Å². The van der Waals surface area contributed by atoms with Gasteiger partial charge in [0, 0.05) is 28.5 Å². The third-order valence-corrected chi connectivity index (χ3v) is 3.97. The second-order valence-electron chi connectivity index (χ2n) is 5.29. The van der Waals surface area contributed by atoms with E-state index in [2.05, 4.69) is 10.3 Å². The van der Waals surface area contributed by atoms with E-state index >= 15 is 0 Å². The molecule has 0 aliphatic rings. The molecule has 1 amide bonds. The molecule has 0 fully saturated rings. The summed E-state index contributed by atoms with van der Waals surface area (Å²) in [6.07, 6.45) is 1.81. The van der Waals surface area contributed by atoms with Crippen molar-refractivity contribution in [3.8, 4) is 0 Å². The van der Waals surface area contributed by atoms with Crippen molar-refractivity contribution in [2.24, 2.45) is 0 Å². The highest BCUT2D eigenvalue weighted by Gasteiger charge is 2.49. The number of ether oxygens (including phenoxy) is 2. The Labute approximate surface area is 149 Å². The largest absolute Gasteiger partial charge is 0.464 e. The molecule has 0 atom stereocenters. The van der Waals surface area contributed by atoms with Crippen LogP contribution < -0.4 is 5.32 Å². The van der Waals surface area contributed by atoms with Gasteiger partial charge in [0.05, 0.1) is 13.2 Å². The zero-order valence-corrected chi connectivity index (χ0v) is 14.7. The van der Waals surface area contributed by atoms with Crippen LogP contribution in [0.15, 0.2) is 24.4 Å². The van der Waals surface area contributed by atoms with Gasteiger partial charge in [-0.3, -0.25) is 4.79 Å². The van der Waals surface area contributed by atoms with Gasteiger partial charge < -0.3 is 19.8 Å². The van der Waals surface area contributed by atoms with Crippen LogP contribution in [0.1, 0.15) is 19.4 Å². The normalized spacial score (nSPS) is 11.2. The standard InChI is InChI=1S/C17H19ClN2O5/c1-3-24-15(22)17(20-10-21,16(23)25-4-2)8-11-9-19-14-6-5-12(18)7-13(11)14/h5-7,9-10,19H,3-4,8H2,1-2H3,(H,20,21). The Bertz CT molecular complexity index is 768. The third kappa shape index (κ3) is 3.76. The van der Waals surface area contributed by atoms with Crippen LogP contribution in [0.4, 0.5) is 0 Å². The lowest BCUT2D eigenvalue weighted by atomic mass is 9.90. The minimum absolute atomic E-state index is 0.0558. The summed E-state index contributed by atoms with van der Waals surface area (Å²) in [5.41, 5.74) is -0.564. The number of benzene rings is 1. The molecule has 0 aliphatic heterocycles. The molecule has 0 saturated carbocycles. The van der Waals surface area contributed by atoms with E-state index in [9.17, 15) is 14.4 Å². The molecule has 1 aromatic heterocycles. The van der Waals surface area contributed by atoms with Gasteiger partial charge in [-0.05, 0) is 37.6 Å². The minimum Gasteiger partial charge on any atom is -0.464 e. The predicted octanol–water partition coefficient (Wildman–Crippen LogP) is 1.97. The minimum atomic E-state index is -1.97. The quantitative estimate of drug-likeness (QED) is 0.423. The van der Waals surface area contributed by atoms with E-state index in [1.54, 1.807) is 38.2 Å². The topological polar surface area (TPSA) is 97.5 Å². The van der Waals surface area contributed by atoms with E-state index in [0.717, 1.165) is 10.9 Å². The molecule has 0 saturated heterocycles. The summed E-state index contributed by atoms with van der Waals surface area (Å²) < 4.78 is 10.0. The van der Waals surface area contributed by atoms with Gasteiger partial charge in [0.25, 0.3) is 0 Å². The SMILES string of the molecule is CCOC(=O)C(Cc1c[nH]c2ccc(Cl)cc12)(NC=O)C(=O)OCC. The Morgan fingerprint density at radius 2 is 1.88 bits per heavy atom. The van der Waals surface area contributed by atoms with Gasteiger partial charge in [-0.2, -0.15) is 0 Å². The first-order chi connectivity index (χ1) is 12.0. The van der Waals surface area contributed by atoms with Crippen LogP contribution >= 0.6 is 11.6 Å². The van der Waals surface area contributed by atoms with Gasteiger partial charge in [0.2, 0.25) is 11.9 Å². The van der Waals surface area contributed by atoms with Gasteiger partial charge in [-0.1, -0.05) is 11.6 Å². The zero-order chi connectivity index (χ0) is 18.4. The maximum absolute atomic E-state index is 12.5. The van der Waals surface area contributed by atoms with Crippen molar-refractivity contribution in [3.63, 3.8) is 0 Å². The summed E-state index contributed by atoms with van der Waals surface area (Å²) >= 11 is 6.04. The first-order valence-electron chi connectivity index (χ1n) is 7.79. The van der Waals surface area contributed by atoms with Gasteiger partial charge in [0.1, 0.15) is 0 Å². The number of esters is 2. The van der Waals surface area contributed by atoms with Crippen LogP contribution in [0, 0.1) is 0 Å². The van der Waals surface area contributed by atoms with Crippen molar-refractivity contribution in [3.05, 3.63) is 35.0 Å². The van der Waals surface area contributed by atoms with E-state index in [1.807, 2.05) is 0 Å². The number of amides is 1. The molecule has 0 aliphatic carbocycles. The molecule has 0 unspecified atom stereocenters. The second-order valence-corrected chi connectivity index (χ2v) is 5.73. The molecule has 7 nitrogen and oxygen atoms in total. The Kier molecular flexibility index (Phi) is 6.03. The van der Waals surface area contributed by atoms with Gasteiger partial charge in [0.15, 0.2) is 0 Å². The second kappa shape index (κ2) is 8.02. The number of hydrogen-bond acceptors (Lipinski definition) is 5. The Hall–Kier alpha value is -2.54. The Morgan fingerprint density at radius 1 is 1.24 bits per heavy atom. The van der Waals surface area contributed by atoms with Gasteiger partial charge >= 0.3 is 11.9 Å². The van der Waals surface area contributed by atoms with Crippen molar-refractivity contribution >= 4 is 40.9 Å². The monoisotopic (exact) mass is 366 g/mol. The summed E-state index contributed by atoms with van der Waals surface area (Å²) in [5.74, 6) is -1.76. The number of H-pyrrole nitrogens is 1. The molecule has 1 heterocycles. The summed E-state index contributed by atoms with van der Waals surface area (Å²) in [4.78, 5) is 39.2. The lowest BCUT2D eigenvalue weighted by molar-refractivity contribution is -0.167. The fraction of sp³-hybridized carbons (Fsp3) is 0.353. The Balaban J connectivity index is 2.52. The third-order valence-electron chi connectivity index (χ3n) is 3.74. The number of nitrogens with one attached hydrogen (secondary N) is 2. The smallest absolute Gasteiger partial charge is 0.344 e. The average Bonchev–Trinajstić information content (AvgIpc) is 2.96. The summed E-state index contributed by atoms with van der Waals surface area (Å²) in [6.45, 7) is 3.33. The molecular weight excluding hydrogens is 348 g/mol. The molecule has 2 N–H and O–H groups in total. The molecular formula is C17H19ClN2O5. The molecule has 25 heavy (non-hydrogen) atoms. The van der Waals surface area contributed by atoms with E-state index < -0.39 is 17.5 Å². The van der Waals surface area contributed by atoms with Crippen LogP contribution in [-0.4, -0.2) is 42.1 Å². The fourth-order valence-corrected chi connectivity index (χ4v) is 2.76. The molecule has 2 rings (SSSR count). The summed E-state index contributed by atoms with van der Waals surface area (Å²) in [6, 6.07) is 5.22. The van der Waals surface area contributed by atoms with Crippen molar-refractivity contribution in [1.29, 1.82) is 0 Å². The first kappa shape index (κ1) is 18.8. The molecule has 8 heteroatoms. The zero-order valence-electron chi connectivity index (χ0n) is 13.9. The van der Waals surface area contributed by atoms with Gasteiger partial charge in [-0.15, -0.1) is 0 Å². The number of carbonyl (C=O) groups is 3. The van der Waals surface area contributed by atoms with Crippen molar-refractivity contribution < 1.29 is 23.9 Å². The van der Waals surface area contributed by atoms with Crippen LogP contribution in [0.5, 0.6) is 0 Å². The Morgan fingerprint density at radius 3 is 2.44 bits per heavy atom. The molecule has 0 radical (unpaired) electrons. The number of aromatic amines is 1. The molecule has 2 aromatic rings. The number of hydrogen-bond donors (Lipinski definition) is 2. The van der Waals surface area contributed by atoms with Crippen molar-refractivity contribution in [1.82, 2.24) is 10.3 Å². The van der Waals surface area contributed by atoms with E-state index in [-0.39, 0.29) is 26.0 Å². The van der Waals surface area contributed by atoms with Gasteiger partial charge in [-0.25, -0.2) is 9.59 Å². The molecule has 0 bridgehead atoms. The fourth-order valence-electron chi connectivity index (χ4n) is 2.59. The predicted molar refractivity (Wildman–Crippen MR) is 92.2 cm³/mol. The highest BCUT2D eigenvalue weighted by atomic mass is 35.5. The lowest BCUT2D eigenvalue weighted by Gasteiger charge is -2.28. The number of aromatic nitrogens is 1. The maximum atomic E-state index is 12.5. The van der Waals surface area contributed by atoms with Crippen LogP contribution in [0.3, 0.4) is 0 Å². The highest BCUT2D eigenvalue weighted by molar-refractivity contribution is 6.31. The number of rotatable bonds is 8. The highest BCUT2D eigenvalue weighted by Crippen LogP contribution is 2.27. The van der Waals surface area contributed by atoms with Crippen LogP contribution in [-0.2, 0) is 30.3 Å². The summed E-state index contributed by atoms with van der Waals surface area (Å²) in [5, 5.41) is 3.55. The number of fused-ring (bicyclic) bond motifs is 1. The van der Waals surface area contributed by atoms with E-state index in [1.165, 1.54) is 0 Å². The van der Waals surface area contributed by atoms with E-state index in [4.69, 9.17) is 21.1 Å². The van der Waals surface area contributed by atoms with Crippen LogP contribution in [0.25, 0.3) is 10.9 Å². The molecule has 134 valence electrons. The molecule has 0 spiro atoms. The van der Waals surface area contributed by atoms with Crippen LogP contribution in [0.2, 0.25) is 5.02 Å². The average molecular weight is 367 g/mol. The first-order valence-corrected chi connectivity index (χ1v) is 8.17. The molecule has 1 aromatic carbocycles. The van der Waals surface area contributed by atoms with E-state index in [0.29, 0.717) is 10.6 Å². The lowest BCUT2D eigenvalue weighted by Crippen LogP contribution is -2.60. The number of halogens is 1. The summed E-state index contributed by atoms with van der Waals surface area (Å²) in [7, 11) is 0. The van der Waals surface area contributed by atoms with Crippen molar-refractivity contribution in [2.75, 3.05) is 13.2 Å².